The van der Waals surface area contributed by atoms with E-state index >= 15 is 0 Å². The first-order valence-corrected chi connectivity index (χ1v) is 8.97. The van der Waals surface area contributed by atoms with Gasteiger partial charge in [0.2, 0.25) is 5.75 Å². The van der Waals surface area contributed by atoms with Crippen LogP contribution in [0.5, 0.6) is 17.2 Å². The third kappa shape index (κ3) is 5.29. The van der Waals surface area contributed by atoms with Crippen LogP contribution in [0.25, 0.3) is 0 Å². The van der Waals surface area contributed by atoms with Crippen molar-refractivity contribution in [1.29, 1.82) is 0 Å². The van der Waals surface area contributed by atoms with Crippen LogP contribution in [0.2, 0.25) is 0 Å². The van der Waals surface area contributed by atoms with Crippen LogP contribution in [0.15, 0.2) is 30.3 Å². The molecular formula is C20H22N2O7S. The minimum absolute atomic E-state index is 0.165. The van der Waals surface area contributed by atoms with Crippen molar-refractivity contribution < 1.29 is 33.3 Å². The van der Waals surface area contributed by atoms with E-state index < -0.39 is 11.9 Å². The number of hydrogen-bond acceptors (Lipinski definition) is 8. The van der Waals surface area contributed by atoms with Gasteiger partial charge in [0.15, 0.2) is 16.6 Å². The largest absolute Gasteiger partial charge is 0.493 e. The predicted octanol–water partition coefficient (Wildman–Crippen LogP) is 3.09. The zero-order chi connectivity index (χ0) is 22.3. The molecule has 0 heterocycles. The van der Waals surface area contributed by atoms with E-state index in [1.54, 1.807) is 12.1 Å². The lowest BCUT2D eigenvalue weighted by Crippen LogP contribution is -2.20. The molecule has 0 saturated heterocycles. The topological polar surface area (TPSA) is 104 Å². The lowest BCUT2D eigenvalue weighted by atomic mass is 10.1. The number of hydrogen-bond donors (Lipinski definition) is 2. The number of rotatable bonds is 7. The Hall–Kier alpha value is -3.53. The molecule has 0 atom stereocenters. The third-order valence-electron chi connectivity index (χ3n) is 3.96. The third-order valence-corrected chi connectivity index (χ3v) is 4.16. The first-order valence-electron chi connectivity index (χ1n) is 8.56. The Morgan fingerprint density at radius 1 is 0.700 bits per heavy atom. The summed E-state index contributed by atoms with van der Waals surface area (Å²) in [5.74, 6) is 0.128. The van der Waals surface area contributed by atoms with Crippen LogP contribution in [0.4, 0.5) is 11.4 Å². The van der Waals surface area contributed by atoms with Crippen LogP contribution >= 0.6 is 12.2 Å². The second-order valence-corrected chi connectivity index (χ2v) is 6.18. The highest BCUT2D eigenvalue weighted by Gasteiger charge is 2.16. The van der Waals surface area contributed by atoms with Crippen LogP contribution < -0.4 is 24.8 Å². The second kappa shape index (κ2) is 10.3. The smallest absolute Gasteiger partial charge is 0.337 e. The van der Waals surface area contributed by atoms with Crippen molar-refractivity contribution in [2.24, 2.45) is 0 Å². The Bertz CT molecular complexity index is 903. The van der Waals surface area contributed by atoms with Crippen molar-refractivity contribution >= 4 is 40.6 Å². The van der Waals surface area contributed by atoms with Crippen molar-refractivity contribution in [3.05, 3.63) is 41.5 Å². The van der Waals surface area contributed by atoms with Gasteiger partial charge >= 0.3 is 11.9 Å². The summed E-state index contributed by atoms with van der Waals surface area (Å²) >= 11 is 5.35. The number of carbonyl (C=O) groups excluding carboxylic acids is 2. The zero-order valence-corrected chi connectivity index (χ0v) is 18.0. The molecule has 2 aromatic carbocycles. The fourth-order valence-electron chi connectivity index (χ4n) is 2.62. The molecule has 160 valence electrons. The number of carbonyl (C=O) groups is 2. The molecule has 0 aliphatic rings. The van der Waals surface area contributed by atoms with Gasteiger partial charge in [-0.15, -0.1) is 0 Å². The van der Waals surface area contributed by atoms with Crippen molar-refractivity contribution in [3.8, 4) is 17.2 Å². The minimum Gasteiger partial charge on any atom is -0.493 e. The molecule has 0 spiro atoms. The van der Waals surface area contributed by atoms with Crippen LogP contribution in [0.1, 0.15) is 20.7 Å². The maximum Gasteiger partial charge on any atom is 0.337 e. The Morgan fingerprint density at radius 3 is 1.50 bits per heavy atom. The molecule has 0 amide bonds. The monoisotopic (exact) mass is 434 g/mol. The van der Waals surface area contributed by atoms with E-state index in [0.717, 1.165) is 0 Å². The molecule has 2 N–H and O–H groups in total. The Labute approximate surface area is 179 Å². The van der Waals surface area contributed by atoms with E-state index in [4.69, 9.17) is 35.9 Å². The van der Waals surface area contributed by atoms with Gasteiger partial charge in [0.1, 0.15) is 0 Å². The van der Waals surface area contributed by atoms with Gasteiger partial charge in [-0.05, 0) is 30.4 Å². The fraction of sp³-hybridized carbons (Fsp3) is 0.250. The van der Waals surface area contributed by atoms with Crippen LogP contribution in [-0.4, -0.2) is 52.6 Å². The second-order valence-electron chi connectivity index (χ2n) is 5.78. The van der Waals surface area contributed by atoms with Crippen LogP contribution in [-0.2, 0) is 9.47 Å². The Balaban J connectivity index is 2.29. The number of ether oxygens (including phenoxy) is 5. The van der Waals surface area contributed by atoms with Gasteiger partial charge in [-0.3, -0.25) is 0 Å². The SMILES string of the molecule is COC(=O)c1cc(NC(=S)Nc2cc(OC)c(OC)c(OC)c2)cc(C(=O)OC)c1. The van der Waals surface area contributed by atoms with E-state index in [1.165, 1.54) is 53.7 Å². The quantitative estimate of drug-likeness (QED) is 0.499. The molecule has 0 bridgehead atoms. The number of benzene rings is 2. The first-order chi connectivity index (χ1) is 14.4. The summed E-state index contributed by atoms with van der Waals surface area (Å²) in [6, 6.07) is 7.74. The molecule has 9 nitrogen and oxygen atoms in total. The van der Waals surface area contributed by atoms with Gasteiger partial charge in [0.25, 0.3) is 0 Å². The van der Waals surface area contributed by atoms with Gasteiger partial charge in [0.05, 0.1) is 46.7 Å². The summed E-state index contributed by atoms with van der Waals surface area (Å²) in [5, 5.41) is 6.11. The van der Waals surface area contributed by atoms with Gasteiger partial charge in [-0.2, -0.15) is 0 Å². The summed E-state index contributed by atoms with van der Waals surface area (Å²) in [5.41, 5.74) is 1.29. The number of esters is 2. The maximum absolute atomic E-state index is 11.9. The average molecular weight is 434 g/mol. The Kier molecular flexibility index (Phi) is 7.82. The molecule has 0 radical (unpaired) electrons. The highest BCUT2D eigenvalue weighted by atomic mass is 32.1. The summed E-state index contributed by atoms with van der Waals surface area (Å²) < 4.78 is 25.4. The lowest BCUT2D eigenvalue weighted by molar-refractivity contribution is 0.0599. The first kappa shape index (κ1) is 22.8. The molecular weight excluding hydrogens is 412 g/mol. The highest BCUT2D eigenvalue weighted by Crippen LogP contribution is 2.39. The summed E-state index contributed by atoms with van der Waals surface area (Å²) in [6.45, 7) is 0. The average Bonchev–Trinajstić information content (AvgIpc) is 2.76. The normalized spacial score (nSPS) is 9.90. The molecule has 0 aliphatic heterocycles. The molecule has 0 unspecified atom stereocenters. The van der Waals surface area contributed by atoms with E-state index in [1.807, 2.05) is 0 Å². The van der Waals surface area contributed by atoms with Gasteiger partial charge in [-0.25, -0.2) is 9.59 Å². The maximum atomic E-state index is 11.9. The van der Waals surface area contributed by atoms with Crippen LogP contribution in [0, 0.1) is 0 Å². The predicted molar refractivity (Wildman–Crippen MR) is 115 cm³/mol. The van der Waals surface area contributed by atoms with Crippen molar-refractivity contribution in [2.75, 3.05) is 46.2 Å². The van der Waals surface area contributed by atoms with Crippen molar-refractivity contribution in [3.63, 3.8) is 0 Å². The molecule has 0 aromatic heterocycles. The number of thiocarbonyl (C=S) groups is 1. The summed E-state index contributed by atoms with van der Waals surface area (Å²) in [7, 11) is 7.01. The number of methoxy groups -OCH3 is 5. The van der Waals surface area contributed by atoms with Gasteiger partial charge in [0, 0.05) is 23.5 Å². The molecule has 0 aliphatic carbocycles. The number of nitrogens with one attached hydrogen (secondary N) is 2. The number of anilines is 2. The Morgan fingerprint density at radius 2 is 1.13 bits per heavy atom. The van der Waals surface area contributed by atoms with E-state index in [0.29, 0.717) is 28.6 Å². The van der Waals surface area contributed by atoms with E-state index in [9.17, 15) is 9.59 Å². The van der Waals surface area contributed by atoms with Crippen molar-refractivity contribution in [2.45, 2.75) is 0 Å². The summed E-state index contributed by atoms with van der Waals surface area (Å²) in [6.07, 6.45) is 0. The fourth-order valence-corrected chi connectivity index (χ4v) is 2.85. The molecule has 30 heavy (non-hydrogen) atoms. The molecule has 2 aromatic rings. The molecule has 2 rings (SSSR count). The lowest BCUT2D eigenvalue weighted by Gasteiger charge is -2.16. The molecule has 0 fully saturated rings. The molecule has 10 heteroatoms. The van der Waals surface area contributed by atoms with E-state index in [2.05, 4.69) is 10.6 Å². The zero-order valence-electron chi connectivity index (χ0n) is 17.2. The van der Waals surface area contributed by atoms with E-state index in [-0.39, 0.29) is 16.2 Å². The minimum atomic E-state index is -0.604. The van der Waals surface area contributed by atoms with Gasteiger partial charge < -0.3 is 34.3 Å². The molecule has 0 saturated carbocycles. The standard InChI is InChI=1S/C20H22N2O7S/c1-25-15-9-14(10-16(26-2)17(15)27-3)22-20(30)21-13-7-11(18(23)28-4)6-12(8-13)19(24)29-5/h6-10H,1-5H3,(H2,21,22,30). The van der Waals surface area contributed by atoms with Gasteiger partial charge in [-0.1, -0.05) is 0 Å². The van der Waals surface area contributed by atoms with Crippen LogP contribution in [0.3, 0.4) is 0 Å². The van der Waals surface area contributed by atoms with Crippen molar-refractivity contribution in [1.82, 2.24) is 0 Å². The highest BCUT2D eigenvalue weighted by molar-refractivity contribution is 7.80. The summed E-state index contributed by atoms with van der Waals surface area (Å²) in [4.78, 5) is 23.8.